The topological polar surface area (TPSA) is 3.24 Å². The SMILES string of the molecule is CN(Cc1ccccc1Br)CC(C)(C)CS. The van der Waals surface area contributed by atoms with Crippen molar-refractivity contribution in [2.75, 3.05) is 19.3 Å². The average molecular weight is 302 g/mol. The van der Waals surface area contributed by atoms with Crippen LogP contribution < -0.4 is 0 Å². The third-order valence-corrected chi connectivity index (χ3v) is 4.15. The van der Waals surface area contributed by atoms with Crippen LogP contribution in [0.4, 0.5) is 0 Å². The van der Waals surface area contributed by atoms with Crippen LogP contribution in [0, 0.1) is 5.41 Å². The van der Waals surface area contributed by atoms with E-state index in [9.17, 15) is 0 Å². The van der Waals surface area contributed by atoms with Crippen molar-refractivity contribution in [3.8, 4) is 0 Å². The Hall–Kier alpha value is 0.01000. The second kappa shape index (κ2) is 6.08. The van der Waals surface area contributed by atoms with E-state index >= 15 is 0 Å². The van der Waals surface area contributed by atoms with Gasteiger partial charge in [0, 0.05) is 17.6 Å². The molecule has 0 fully saturated rings. The number of hydrogen-bond donors (Lipinski definition) is 1. The quantitative estimate of drug-likeness (QED) is 0.809. The lowest BCUT2D eigenvalue weighted by molar-refractivity contribution is 0.225. The number of benzene rings is 1. The predicted molar refractivity (Wildman–Crippen MR) is 78.1 cm³/mol. The third kappa shape index (κ3) is 4.48. The zero-order valence-electron chi connectivity index (χ0n) is 10.2. The molecule has 0 N–H and O–H groups in total. The highest BCUT2D eigenvalue weighted by Crippen LogP contribution is 2.21. The van der Waals surface area contributed by atoms with Crippen molar-refractivity contribution in [2.45, 2.75) is 20.4 Å². The molecule has 0 saturated carbocycles. The van der Waals surface area contributed by atoms with Crippen molar-refractivity contribution in [1.29, 1.82) is 0 Å². The van der Waals surface area contributed by atoms with Crippen molar-refractivity contribution < 1.29 is 0 Å². The second-order valence-corrected chi connectivity index (χ2v) is 6.26. The van der Waals surface area contributed by atoms with Crippen molar-refractivity contribution in [3.63, 3.8) is 0 Å². The normalized spacial score (nSPS) is 12.1. The number of hydrogen-bond acceptors (Lipinski definition) is 2. The molecule has 0 amide bonds. The van der Waals surface area contributed by atoms with E-state index in [2.05, 4.69) is 72.6 Å². The lowest BCUT2D eigenvalue weighted by Crippen LogP contribution is -2.32. The van der Waals surface area contributed by atoms with Crippen LogP contribution in [0.3, 0.4) is 0 Å². The third-order valence-electron chi connectivity index (χ3n) is 2.52. The summed E-state index contributed by atoms with van der Waals surface area (Å²) in [5.41, 5.74) is 1.60. The summed E-state index contributed by atoms with van der Waals surface area (Å²) in [5.74, 6) is 0.910. The van der Waals surface area contributed by atoms with Crippen molar-refractivity contribution >= 4 is 28.6 Å². The van der Waals surface area contributed by atoms with Gasteiger partial charge in [0.05, 0.1) is 0 Å². The van der Waals surface area contributed by atoms with E-state index < -0.39 is 0 Å². The molecule has 1 nitrogen and oxygen atoms in total. The summed E-state index contributed by atoms with van der Waals surface area (Å²) in [6, 6.07) is 8.38. The minimum atomic E-state index is 0.263. The molecule has 0 heterocycles. The van der Waals surface area contributed by atoms with E-state index in [4.69, 9.17) is 0 Å². The fourth-order valence-electron chi connectivity index (χ4n) is 1.75. The van der Waals surface area contributed by atoms with Gasteiger partial charge in [0.1, 0.15) is 0 Å². The molecule has 0 radical (unpaired) electrons. The second-order valence-electron chi connectivity index (χ2n) is 5.09. The van der Waals surface area contributed by atoms with Crippen LogP contribution in [0.5, 0.6) is 0 Å². The molecule has 0 saturated heterocycles. The van der Waals surface area contributed by atoms with Crippen LogP contribution >= 0.6 is 28.6 Å². The number of thiol groups is 1. The van der Waals surface area contributed by atoms with E-state index in [1.807, 2.05) is 6.07 Å². The van der Waals surface area contributed by atoms with Gasteiger partial charge in [-0.3, -0.25) is 0 Å². The number of halogens is 1. The Kier molecular flexibility index (Phi) is 5.35. The van der Waals surface area contributed by atoms with Gasteiger partial charge >= 0.3 is 0 Å². The molecule has 1 rings (SSSR count). The van der Waals surface area contributed by atoms with E-state index in [1.165, 1.54) is 10.0 Å². The molecule has 1 aromatic rings. The first-order chi connectivity index (χ1) is 7.44. The van der Waals surface area contributed by atoms with Gasteiger partial charge in [-0.2, -0.15) is 12.6 Å². The fourth-order valence-corrected chi connectivity index (χ4v) is 2.26. The Balaban J connectivity index is 2.58. The van der Waals surface area contributed by atoms with Crippen molar-refractivity contribution in [2.24, 2.45) is 5.41 Å². The summed E-state index contributed by atoms with van der Waals surface area (Å²) in [6.45, 7) is 6.52. The number of nitrogens with zero attached hydrogens (tertiary/aromatic N) is 1. The molecule has 0 aliphatic heterocycles. The van der Waals surface area contributed by atoms with Crippen molar-refractivity contribution in [1.82, 2.24) is 4.90 Å². The van der Waals surface area contributed by atoms with Gasteiger partial charge in [0.15, 0.2) is 0 Å². The van der Waals surface area contributed by atoms with Crippen LogP contribution in [0.1, 0.15) is 19.4 Å². The van der Waals surface area contributed by atoms with E-state index in [-0.39, 0.29) is 5.41 Å². The summed E-state index contributed by atoms with van der Waals surface area (Å²) in [5, 5.41) is 0. The average Bonchev–Trinajstić information content (AvgIpc) is 2.21. The van der Waals surface area contributed by atoms with Crippen LogP contribution in [0.15, 0.2) is 28.7 Å². The van der Waals surface area contributed by atoms with E-state index in [0.29, 0.717) is 0 Å². The Morgan fingerprint density at radius 1 is 1.31 bits per heavy atom. The highest BCUT2D eigenvalue weighted by molar-refractivity contribution is 9.10. The lowest BCUT2D eigenvalue weighted by Gasteiger charge is -2.29. The summed E-state index contributed by atoms with van der Waals surface area (Å²) < 4.78 is 1.19. The molecule has 90 valence electrons. The maximum Gasteiger partial charge on any atom is 0.0242 e. The van der Waals surface area contributed by atoms with E-state index in [1.54, 1.807) is 0 Å². The molecule has 0 aromatic heterocycles. The molecule has 3 heteroatoms. The summed E-state index contributed by atoms with van der Waals surface area (Å²) in [7, 11) is 2.16. The summed E-state index contributed by atoms with van der Waals surface area (Å²) in [4.78, 5) is 2.34. The lowest BCUT2D eigenvalue weighted by atomic mass is 9.95. The molecule has 0 spiro atoms. The van der Waals surface area contributed by atoms with Gasteiger partial charge in [0.2, 0.25) is 0 Å². The molecule has 0 bridgehead atoms. The summed E-state index contributed by atoms with van der Waals surface area (Å²) in [6.07, 6.45) is 0. The largest absolute Gasteiger partial charge is 0.302 e. The van der Waals surface area contributed by atoms with Crippen LogP contribution in [0.2, 0.25) is 0 Å². The zero-order chi connectivity index (χ0) is 12.2. The Bertz CT molecular complexity index is 338. The molecule has 0 atom stereocenters. The first kappa shape index (κ1) is 14.1. The first-order valence-corrected chi connectivity index (χ1v) is 6.90. The Morgan fingerprint density at radius 2 is 1.94 bits per heavy atom. The molecule has 0 aliphatic carbocycles. The Labute approximate surface area is 113 Å². The smallest absolute Gasteiger partial charge is 0.0242 e. The highest BCUT2D eigenvalue weighted by Gasteiger charge is 2.18. The van der Waals surface area contributed by atoms with Gasteiger partial charge in [-0.25, -0.2) is 0 Å². The minimum Gasteiger partial charge on any atom is -0.302 e. The molecular weight excluding hydrogens is 282 g/mol. The molecule has 1 aromatic carbocycles. The molecule has 0 unspecified atom stereocenters. The molecule has 0 aliphatic rings. The Morgan fingerprint density at radius 3 is 2.50 bits per heavy atom. The van der Waals surface area contributed by atoms with E-state index in [0.717, 1.165) is 18.8 Å². The monoisotopic (exact) mass is 301 g/mol. The van der Waals surface area contributed by atoms with Gasteiger partial charge in [-0.1, -0.05) is 48.0 Å². The van der Waals surface area contributed by atoms with Gasteiger partial charge < -0.3 is 4.90 Å². The molecular formula is C13H20BrNS. The predicted octanol–water partition coefficient (Wildman–Crippen LogP) is 3.84. The maximum atomic E-state index is 4.39. The highest BCUT2D eigenvalue weighted by atomic mass is 79.9. The van der Waals surface area contributed by atoms with Crippen LogP contribution in [-0.2, 0) is 6.54 Å². The van der Waals surface area contributed by atoms with Gasteiger partial charge in [0.25, 0.3) is 0 Å². The van der Waals surface area contributed by atoms with Gasteiger partial charge in [-0.15, -0.1) is 0 Å². The number of rotatable bonds is 5. The zero-order valence-corrected chi connectivity index (χ0v) is 12.7. The van der Waals surface area contributed by atoms with Crippen molar-refractivity contribution in [3.05, 3.63) is 34.3 Å². The molecule has 16 heavy (non-hydrogen) atoms. The summed E-state index contributed by atoms with van der Waals surface area (Å²) >= 11 is 7.97. The maximum absolute atomic E-state index is 4.39. The van der Waals surface area contributed by atoms with Crippen LogP contribution in [-0.4, -0.2) is 24.2 Å². The fraction of sp³-hybridized carbons (Fsp3) is 0.538. The van der Waals surface area contributed by atoms with Gasteiger partial charge in [-0.05, 0) is 29.8 Å². The van der Waals surface area contributed by atoms with Crippen LogP contribution in [0.25, 0.3) is 0 Å². The minimum absolute atomic E-state index is 0.263. The standard InChI is InChI=1S/C13H20BrNS/c1-13(2,10-16)9-15(3)8-11-6-4-5-7-12(11)14/h4-7,16H,8-10H2,1-3H3. The first-order valence-electron chi connectivity index (χ1n) is 5.47.